The Hall–Kier alpha value is -3.84. The van der Waals surface area contributed by atoms with Gasteiger partial charge in [-0.2, -0.15) is 4.31 Å². The number of amides is 1. The molecule has 12 heteroatoms. The van der Waals surface area contributed by atoms with E-state index in [1.807, 2.05) is 30.3 Å². The number of benzene rings is 3. The standard InChI is InChI=1S/C30H33N3O8S/c1-20-17-32(42(38,39)29-12-11-22(33(36)37)16-25(20)29)18-27(34)26(15-21-7-3-2-4-8-21)31-30(35)24-9-5-6-10-28(24)41-23-13-14-40-19-23/h2-12,16,20,23,26-27,34H,13-15,17-19H2,1H3,(H,31,35)/t20?,23-,26?,27-/m1/s1. The largest absolute Gasteiger partial charge is 0.487 e. The van der Waals surface area contributed by atoms with Crippen LogP contribution in [0.4, 0.5) is 5.69 Å². The third kappa shape index (κ3) is 6.46. The van der Waals surface area contributed by atoms with Gasteiger partial charge in [0.05, 0.1) is 40.7 Å². The zero-order valence-corrected chi connectivity index (χ0v) is 23.9. The van der Waals surface area contributed by atoms with Crippen molar-refractivity contribution in [3.8, 4) is 5.75 Å². The van der Waals surface area contributed by atoms with Crippen LogP contribution in [-0.2, 0) is 21.2 Å². The number of carbonyl (C=O) groups is 1. The second kappa shape index (κ2) is 12.6. The van der Waals surface area contributed by atoms with Crippen molar-refractivity contribution in [1.29, 1.82) is 0 Å². The van der Waals surface area contributed by atoms with Crippen LogP contribution in [0.5, 0.6) is 5.75 Å². The Bertz CT molecular complexity index is 1540. The van der Waals surface area contributed by atoms with Crippen molar-refractivity contribution in [2.45, 2.75) is 48.8 Å². The van der Waals surface area contributed by atoms with Crippen LogP contribution in [0.2, 0.25) is 0 Å². The van der Waals surface area contributed by atoms with Gasteiger partial charge in [0.25, 0.3) is 11.6 Å². The maximum absolute atomic E-state index is 13.5. The lowest BCUT2D eigenvalue weighted by molar-refractivity contribution is -0.385. The molecule has 11 nitrogen and oxygen atoms in total. The normalized spacial score (nSPS) is 21.2. The summed E-state index contributed by atoms with van der Waals surface area (Å²) >= 11 is 0. The number of nitro groups is 1. The van der Waals surface area contributed by atoms with E-state index in [2.05, 4.69) is 5.32 Å². The summed E-state index contributed by atoms with van der Waals surface area (Å²) in [6.45, 7) is 2.55. The number of aliphatic hydroxyl groups excluding tert-OH is 1. The number of ether oxygens (including phenoxy) is 2. The van der Waals surface area contributed by atoms with E-state index in [1.165, 1.54) is 22.5 Å². The van der Waals surface area contributed by atoms with Crippen molar-refractivity contribution < 1.29 is 32.7 Å². The van der Waals surface area contributed by atoms with Gasteiger partial charge in [0.1, 0.15) is 11.9 Å². The molecular formula is C30H33N3O8S. The number of sulfonamides is 1. The molecule has 5 rings (SSSR count). The Morgan fingerprint density at radius 1 is 1.17 bits per heavy atom. The number of hydrogen-bond acceptors (Lipinski definition) is 8. The van der Waals surface area contributed by atoms with E-state index >= 15 is 0 Å². The minimum atomic E-state index is -4.05. The van der Waals surface area contributed by atoms with Crippen LogP contribution < -0.4 is 10.1 Å². The fourth-order valence-corrected chi connectivity index (χ4v) is 7.20. The van der Waals surface area contributed by atoms with E-state index in [9.17, 15) is 28.4 Å². The highest BCUT2D eigenvalue weighted by Gasteiger charge is 2.38. The van der Waals surface area contributed by atoms with Crippen molar-refractivity contribution in [2.75, 3.05) is 26.3 Å². The van der Waals surface area contributed by atoms with Gasteiger partial charge >= 0.3 is 0 Å². The highest BCUT2D eigenvalue weighted by molar-refractivity contribution is 7.89. The molecule has 2 aliphatic rings. The van der Waals surface area contributed by atoms with Gasteiger partial charge in [0, 0.05) is 31.6 Å². The molecule has 2 heterocycles. The Balaban J connectivity index is 1.38. The van der Waals surface area contributed by atoms with Gasteiger partial charge in [-0.3, -0.25) is 14.9 Å². The van der Waals surface area contributed by atoms with Crippen molar-refractivity contribution in [3.63, 3.8) is 0 Å². The minimum Gasteiger partial charge on any atom is -0.487 e. The average molecular weight is 596 g/mol. The monoisotopic (exact) mass is 595 g/mol. The average Bonchev–Trinajstić information content (AvgIpc) is 3.49. The lowest BCUT2D eigenvalue weighted by Crippen LogP contribution is -2.52. The predicted octanol–water partition coefficient (Wildman–Crippen LogP) is 3.27. The molecule has 3 aromatic carbocycles. The molecule has 42 heavy (non-hydrogen) atoms. The Labute approximate surface area is 244 Å². The number of nitrogens with zero attached hydrogens (tertiary/aromatic N) is 2. The van der Waals surface area contributed by atoms with Crippen LogP contribution in [-0.4, -0.2) is 73.2 Å². The number of non-ortho nitro benzene ring substituents is 1. The molecule has 1 amide bonds. The van der Waals surface area contributed by atoms with E-state index in [0.717, 1.165) is 5.56 Å². The van der Waals surface area contributed by atoms with Gasteiger partial charge in [0.2, 0.25) is 10.0 Å². The lowest BCUT2D eigenvalue weighted by atomic mass is 9.98. The van der Waals surface area contributed by atoms with Crippen LogP contribution >= 0.6 is 0 Å². The van der Waals surface area contributed by atoms with Crippen LogP contribution in [0.15, 0.2) is 77.7 Å². The molecule has 0 saturated carbocycles. The summed E-state index contributed by atoms with van der Waals surface area (Å²) in [5, 5.41) is 25.6. The number of β-amino-alcohol motifs (C(OH)–C–C–N with tert-alkyl or cyclic N) is 1. The van der Waals surface area contributed by atoms with E-state index in [1.54, 1.807) is 31.2 Å². The van der Waals surface area contributed by atoms with Crippen LogP contribution in [0.1, 0.15) is 40.7 Å². The highest BCUT2D eigenvalue weighted by atomic mass is 32.2. The summed E-state index contributed by atoms with van der Waals surface area (Å²) in [4.78, 5) is 24.2. The Kier molecular flexibility index (Phi) is 8.88. The molecule has 0 bridgehead atoms. The summed E-state index contributed by atoms with van der Waals surface area (Å²) in [5.41, 5.74) is 1.33. The van der Waals surface area contributed by atoms with Gasteiger partial charge in [-0.1, -0.05) is 49.4 Å². The number of aliphatic hydroxyl groups is 1. The number of nitro benzene ring substituents is 1. The maximum Gasteiger partial charge on any atom is 0.269 e. The number of hydrogen-bond donors (Lipinski definition) is 2. The fraction of sp³-hybridized carbons (Fsp3) is 0.367. The first-order valence-corrected chi connectivity index (χ1v) is 15.2. The van der Waals surface area contributed by atoms with Crippen molar-refractivity contribution in [2.24, 2.45) is 0 Å². The summed E-state index contributed by atoms with van der Waals surface area (Å²) in [6, 6.07) is 19.0. The molecule has 4 atom stereocenters. The van der Waals surface area contributed by atoms with Crippen LogP contribution in [0.25, 0.3) is 0 Å². The molecule has 2 aliphatic heterocycles. The predicted molar refractivity (Wildman–Crippen MR) is 154 cm³/mol. The molecule has 0 radical (unpaired) electrons. The summed E-state index contributed by atoms with van der Waals surface area (Å²) < 4.78 is 39.7. The van der Waals surface area contributed by atoms with E-state index in [0.29, 0.717) is 36.5 Å². The molecular weight excluding hydrogens is 562 g/mol. The molecule has 1 fully saturated rings. The quantitative estimate of drug-likeness (QED) is 0.268. The molecule has 0 spiro atoms. The SMILES string of the molecule is CC1CN(C[C@@H](O)C(Cc2ccccc2)NC(=O)c2ccccc2O[C@@H]2CCOC2)S(=O)(=O)c2ccc([N+](=O)[O-])cc21. The molecule has 0 aromatic heterocycles. The molecule has 222 valence electrons. The third-order valence-electron chi connectivity index (χ3n) is 7.61. The van der Waals surface area contributed by atoms with Gasteiger partial charge in [-0.25, -0.2) is 8.42 Å². The lowest BCUT2D eigenvalue weighted by Gasteiger charge is -2.35. The molecule has 2 unspecified atom stereocenters. The third-order valence-corrected chi connectivity index (χ3v) is 9.52. The molecule has 0 aliphatic carbocycles. The number of nitrogens with one attached hydrogen (secondary N) is 1. The van der Waals surface area contributed by atoms with Gasteiger partial charge < -0.3 is 19.9 Å². The van der Waals surface area contributed by atoms with Gasteiger partial charge in [-0.05, 0) is 41.7 Å². The fourth-order valence-electron chi connectivity index (χ4n) is 5.36. The zero-order valence-electron chi connectivity index (χ0n) is 23.1. The second-order valence-electron chi connectivity index (χ2n) is 10.6. The molecule has 3 aromatic rings. The topological polar surface area (TPSA) is 148 Å². The smallest absolute Gasteiger partial charge is 0.269 e. The number of fused-ring (bicyclic) bond motifs is 1. The first-order valence-electron chi connectivity index (χ1n) is 13.8. The Morgan fingerprint density at radius 2 is 1.90 bits per heavy atom. The number of carbonyl (C=O) groups excluding carboxylic acids is 1. The zero-order chi connectivity index (χ0) is 29.9. The summed E-state index contributed by atoms with van der Waals surface area (Å²) in [5.74, 6) is -0.407. The van der Waals surface area contributed by atoms with Crippen LogP contribution in [0.3, 0.4) is 0 Å². The van der Waals surface area contributed by atoms with Crippen LogP contribution in [0, 0.1) is 10.1 Å². The first-order chi connectivity index (χ1) is 20.1. The van der Waals surface area contributed by atoms with E-state index in [-0.39, 0.29) is 42.1 Å². The first kappa shape index (κ1) is 29.6. The van der Waals surface area contributed by atoms with E-state index in [4.69, 9.17) is 9.47 Å². The summed E-state index contributed by atoms with van der Waals surface area (Å²) in [6.07, 6.45) is -0.475. The second-order valence-corrected chi connectivity index (χ2v) is 12.5. The molecule has 1 saturated heterocycles. The maximum atomic E-state index is 13.5. The van der Waals surface area contributed by atoms with Gasteiger partial charge in [0.15, 0.2) is 0 Å². The van der Waals surface area contributed by atoms with Gasteiger partial charge in [-0.15, -0.1) is 0 Å². The number of para-hydroxylation sites is 1. The number of rotatable bonds is 10. The molecule has 2 N–H and O–H groups in total. The van der Waals surface area contributed by atoms with Crippen molar-refractivity contribution in [1.82, 2.24) is 9.62 Å². The van der Waals surface area contributed by atoms with E-state index < -0.39 is 33.0 Å². The minimum absolute atomic E-state index is 0.0235. The van der Waals surface area contributed by atoms with Crippen molar-refractivity contribution in [3.05, 3.63) is 99.6 Å². The Morgan fingerprint density at radius 3 is 2.62 bits per heavy atom. The summed E-state index contributed by atoms with van der Waals surface area (Å²) in [7, 11) is -4.05. The van der Waals surface area contributed by atoms with Crippen molar-refractivity contribution >= 4 is 21.6 Å². The highest BCUT2D eigenvalue weighted by Crippen LogP contribution is 2.36.